The molecule has 0 bridgehead atoms. The molecule has 0 saturated carbocycles. The van der Waals surface area contributed by atoms with Crippen LogP contribution in [0, 0.1) is 17.2 Å². The second-order valence-electron chi connectivity index (χ2n) is 10.0. The lowest BCUT2D eigenvalue weighted by Gasteiger charge is -2.30. The zero-order chi connectivity index (χ0) is 27.4. The standard InChI is InChI=1S/C27H31N7O5/c1-33(26(36)18-4-7-38-15-18)13-19-9-17-3-2-6-34(25(17)31-23(19)14-35)27(37)32-24-10-22(20(11-28)12-29-24)30-21-5-8-39-16-21/h9-10,12,14,18,21H,2-8,13,15-16H2,1H3,(H2,29,30,32,37). The first-order chi connectivity index (χ1) is 19.0. The SMILES string of the molecule is CN(Cc1cc2c(nc1C=O)N(C(=O)Nc1cc(NC3CCOC3)c(C#N)cn1)CCC2)C(=O)C1CCOC1. The highest BCUT2D eigenvalue weighted by Gasteiger charge is 2.29. The van der Waals surface area contributed by atoms with Crippen molar-refractivity contribution in [1.29, 1.82) is 5.26 Å². The van der Waals surface area contributed by atoms with E-state index in [2.05, 4.69) is 26.7 Å². The van der Waals surface area contributed by atoms with Crippen LogP contribution in [0.3, 0.4) is 0 Å². The van der Waals surface area contributed by atoms with Gasteiger partial charge in [-0.1, -0.05) is 0 Å². The monoisotopic (exact) mass is 533 g/mol. The summed E-state index contributed by atoms with van der Waals surface area (Å²) in [5.74, 6) is 0.512. The first-order valence-corrected chi connectivity index (χ1v) is 13.1. The van der Waals surface area contributed by atoms with E-state index in [1.54, 1.807) is 18.0 Å². The molecule has 3 aliphatic rings. The number of aryl methyl sites for hydroxylation is 1. The molecule has 2 unspecified atom stereocenters. The Morgan fingerprint density at radius 2 is 2.08 bits per heavy atom. The number of nitriles is 1. The molecule has 12 heteroatoms. The Bertz CT molecular complexity index is 1300. The Balaban J connectivity index is 1.33. The van der Waals surface area contributed by atoms with Gasteiger partial charge in [-0.2, -0.15) is 5.26 Å². The van der Waals surface area contributed by atoms with Gasteiger partial charge in [-0.05, 0) is 37.3 Å². The quantitative estimate of drug-likeness (QED) is 0.511. The lowest BCUT2D eigenvalue weighted by Crippen LogP contribution is -2.40. The number of fused-ring (bicyclic) bond motifs is 1. The summed E-state index contributed by atoms with van der Waals surface area (Å²) in [6, 6.07) is 5.26. The number of pyridine rings is 2. The number of hydrogen-bond acceptors (Lipinski definition) is 9. The second-order valence-corrected chi connectivity index (χ2v) is 10.0. The van der Waals surface area contributed by atoms with E-state index in [4.69, 9.17) is 9.47 Å². The maximum absolute atomic E-state index is 13.3. The number of hydrogen-bond donors (Lipinski definition) is 2. The van der Waals surface area contributed by atoms with E-state index in [0.717, 1.165) is 12.0 Å². The predicted octanol–water partition coefficient (Wildman–Crippen LogP) is 2.34. The molecule has 2 fully saturated rings. The van der Waals surface area contributed by atoms with Crippen LogP contribution in [-0.4, -0.2) is 79.2 Å². The number of carbonyl (C=O) groups excluding carboxylic acids is 3. The van der Waals surface area contributed by atoms with E-state index >= 15 is 0 Å². The topological polar surface area (TPSA) is 150 Å². The third-order valence-corrected chi connectivity index (χ3v) is 7.24. The number of nitrogens with zero attached hydrogens (tertiary/aromatic N) is 5. The molecule has 2 saturated heterocycles. The molecular formula is C27H31N7O5. The molecule has 0 aliphatic carbocycles. The molecule has 2 aromatic rings. The zero-order valence-corrected chi connectivity index (χ0v) is 21.8. The van der Waals surface area contributed by atoms with Gasteiger partial charge >= 0.3 is 6.03 Å². The Kier molecular flexibility index (Phi) is 7.99. The molecule has 2 aromatic heterocycles. The highest BCUT2D eigenvalue weighted by molar-refractivity contribution is 6.02. The average molecular weight is 534 g/mol. The van der Waals surface area contributed by atoms with Gasteiger partial charge < -0.3 is 19.7 Å². The van der Waals surface area contributed by atoms with Gasteiger partial charge in [-0.15, -0.1) is 0 Å². The summed E-state index contributed by atoms with van der Waals surface area (Å²) >= 11 is 0. The lowest BCUT2D eigenvalue weighted by atomic mass is 10.0. The van der Waals surface area contributed by atoms with Gasteiger partial charge in [0.05, 0.1) is 36.4 Å². The third-order valence-electron chi connectivity index (χ3n) is 7.24. The summed E-state index contributed by atoms with van der Waals surface area (Å²) in [6.45, 7) is 2.86. The van der Waals surface area contributed by atoms with E-state index in [0.29, 0.717) is 81.2 Å². The number of rotatable bonds is 7. The first kappa shape index (κ1) is 26.5. The zero-order valence-electron chi connectivity index (χ0n) is 21.8. The van der Waals surface area contributed by atoms with Gasteiger partial charge in [0.1, 0.15) is 23.4 Å². The van der Waals surface area contributed by atoms with Gasteiger partial charge in [0.2, 0.25) is 5.91 Å². The van der Waals surface area contributed by atoms with Crippen LogP contribution in [0.15, 0.2) is 18.3 Å². The normalized spacial score (nSPS) is 20.2. The van der Waals surface area contributed by atoms with Crippen molar-refractivity contribution in [2.75, 3.05) is 55.6 Å². The van der Waals surface area contributed by atoms with Crippen molar-refractivity contribution in [3.63, 3.8) is 0 Å². The summed E-state index contributed by atoms with van der Waals surface area (Å²) in [7, 11) is 1.71. The molecular weight excluding hydrogens is 502 g/mol. The van der Waals surface area contributed by atoms with E-state index in [1.807, 2.05) is 6.07 Å². The largest absolute Gasteiger partial charge is 0.381 e. The molecule has 204 valence electrons. The van der Waals surface area contributed by atoms with E-state index in [-0.39, 0.29) is 35.9 Å². The molecule has 0 spiro atoms. The second kappa shape index (κ2) is 11.8. The van der Waals surface area contributed by atoms with Crippen molar-refractivity contribution in [3.8, 4) is 6.07 Å². The van der Waals surface area contributed by atoms with Gasteiger partial charge in [0, 0.05) is 51.2 Å². The Morgan fingerprint density at radius 3 is 2.79 bits per heavy atom. The molecule has 3 aliphatic heterocycles. The Labute approximate surface area is 226 Å². The van der Waals surface area contributed by atoms with Crippen molar-refractivity contribution >= 4 is 35.5 Å². The minimum absolute atomic E-state index is 0.0210. The van der Waals surface area contributed by atoms with Crippen LogP contribution in [0.25, 0.3) is 0 Å². The molecule has 5 heterocycles. The van der Waals surface area contributed by atoms with E-state index < -0.39 is 6.03 Å². The molecule has 2 N–H and O–H groups in total. The molecule has 2 atom stereocenters. The van der Waals surface area contributed by atoms with Crippen LogP contribution in [0.4, 0.5) is 22.1 Å². The van der Waals surface area contributed by atoms with Gasteiger partial charge in [0.15, 0.2) is 6.29 Å². The van der Waals surface area contributed by atoms with Crippen LogP contribution in [0.1, 0.15) is 46.4 Å². The maximum atomic E-state index is 13.3. The van der Waals surface area contributed by atoms with Crippen LogP contribution in [0.5, 0.6) is 0 Å². The van der Waals surface area contributed by atoms with Crippen molar-refractivity contribution in [1.82, 2.24) is 14.9 Å². The Hall–Kier alpha value is -4.08. The maximum Gasteiger partial charge on any atom is 0.328 e. The van der Waals surface area contributed by atoms with Crippen LogP contribution in [0.2, 0.25) is 0 Å². The van der Waals surface area contributed by atoms with E-state index in [1.165, 1.54) is 11.1 Å². The van der Waals surface area contributed by atoms with Gasteiger partial charge in [0.25, 0.3) is 0 Å². The lowest BCUT2D eigenvalue weighted by molar-refractivity contribution is -0.134. The first-order valence-electron chi connectivity index (χ1n) is 13.1. The number of aldehydes is 1. The summed E-state index contributed by atoms with van der Waals surface area (Å²) in [4.78, 5) is 49.9. The fourth-order valence-corrected chi connectivity index (χ4v) is 5.14. The average Bonchev–Trinajstić information content (AvgIpc) is 3.67. The molecule has 5 rings (SSSR count). The highest BCUT2D eigenvalue weighted by atomic mass is 16.5. The molecule has 12 nitrogen and oxygen atoms in total. The van der Waals surface area contributed by atoms with Crippen LogP contribution < -0.4 is 15.5 Å². The van der Waals surface area contributed by atoms with Crippen molar-refractivity contribution in [2.45, 2.75) is 38.3 Å². The van der Waals surface area contributed by atoms with Gasteiger partial charge in [-0.3, -0.25) is 19.8 Å². The minimum Gasteiger partial charge on any atom is -0.381 e. The minimum atomic E-state index is -0.436. The highest BCUT2D eigenvalue weighted by Crippen LogP contribution is 2.29. The van der Waals surface area contributed by atoms with Crippen LogP contribution in [-0.2, 0) is 27.2 Å². The summed E-state index contributed by atoms with van der Waals surface area (Å²) in [6.07, 6.45) is 5.00. The van der Waals surface area contributed by atoms with Crippen molar-refractivity contribution < 1.29 is 23.9 Å². The number of urea groups is 1. The number of aromatic nitrogens is 2. The fraction of sp³-hybridized carbons (Fsp3) is 0.481. The number of anilines is 3. The number of amides is 3. The smallest absolute Gasteiger partial charge is 0.328 e. The Morgan fingerprint density at radius 1 is 1.26 bits per heavy atom. The van der Waals surface area contributed by atoms with Crippen LogP contribution >= 0.6 is 0 Å². The third kappa shape index (κ3) is 5.84. The molecule has 3 amide bonds. The fourth-order valence-electron chi connectivity index (χ4n) is 5.14. The number of carbonyl (C=O) groups is 3. The molecule has 39 heavy (non-hydrogen) atoms. The summed E-state index contributed by atoms with van der Waals surface area (Å²) < 4.78 is 10.7. The van der Waals surface area contributed by atoms with E-state index in [9.17, 15) is 19.6 Å². The molecule has 0 aromatic carbocycles. The molecule has 0 radical (unpaired) electrons. The predicted molar refractivity (Wildman–Crippen MR) is 142 cm³/mol. The van der Waals surface area contributed by atoms with Crippen molar-refractivity contribution in [3.05, 3.63) is 40.7 Å². The summed E-state index contributed by atoms with van der Waals surface area (Å²) in [5, 5.41) is 15.6. The number of ether oxygens (including phenoxy) is 2. The van der Waals surface area contributed by atoms with Gasteiger partial charge in [-0.25, -0.2) is 14.8 Å². The number of nitrogens with one attached hydrogen (secondary N) is 2. The van der Waals surface area contributed by atoms with Crippen molar-refractivity contribution in [2.24, 2.45) is 5.92 Å². The summed E-state index contributed by atoms with van der Waals surface area (Å²) in [5.41, 5.74) is 2.61.